The molecule has 0 fully saturated rings. The Morgan fingerprint density at radius 1 is 1.17 bits per heavy atom. The molecule has 0 unspecified atom stereocenters. The Balaban J connectivity index is 3.15. The number of carbonyl (C=O) groups excluding carboxylic acids is 3. The van der Waals surface area contributed by atoms with Gasteiger partial charge in [-0.3, -0.25) is 9.59 Å². The maximum absolute atomic E-state index is 11.5. The molecular formula is C12H13NO5. The lowest BCUT2D eigenvalue weighted by Crippen LogP contribution is -2.11. The van der Waals surface area contributed by atoms with Gasteiger partial charge < -0.3 is 14.8 Å². The molecule has 0 saturated carbocycles. The van der Waals surface area contributed by atoms with Gasteiger partial charge in [-0.05, 0) is 18.2 Å². The predicted octanol–water partition coefficient (Wildman–Crippen LogP) is 1.36. The highest BCUT2D eigenvalue weighted by Crippen LogP contribution is 2.24. The average molecular weight is 251 g/mol. The number of ether oxygens (including phenoxy) is 2. The summed E-state index contributed by atoms with van der Waals surface area (Å²) >= 11 is 0. The quantitative estimate of drug-likeness (QED) is 0.647. The van der Waals surface area contributed by atoms with Gasteiger partial charge in [0.05, 0.1) is 7.11 Å². The first-order valence-corrected chi connectivity index (χ1v) is 5.12. The Labute approximate surface area is 104 Å². The molecule has 0 bridgehead atoms. The van der Waals surface area contributed by atoms with Crippen molar-refractivity contribution in [2.45, 2.75) is 13.8 Å². The summed E-state index contributed by atoms with van der Waals surface area (Å²) in [4.78, 5) is 33.3. The molecule has 6 heteroatoms. The second kappa shape index (κ2) is 5.81. The van der Waals surface area contributed by atoms with Crippen LogP contribution in [0.15, 0.2) is 18.2 Å². The van der Waals surface area contributed by atoms with Crippen molar-refractivity contribution >= 4 is 23.5 Å². The highest BCUT2D eigenvalue weighted by Gasteiger charge is 2.15. The molecule has 0 saturated heterocycles. The number of anilines is 1. The molecule has 0 aliphatic rings. The van der Waals surface area contributed by atoms with E-state index in [0.29, 0.717) is 5.69 Å². The minimum Gasteiger partial charge on any atom is -0.465 e. The largest absolute Gasteiger partial charge is 0.465 e. The number of nitrogens with one attached hydrogen (secondary N) is 1. The van der Waals surface area contributed by atoms with Crippen molar-refractivity contribution in [3.63, 3.8) is 0 Å². The molecule has 18 heavy (non-hydrogen) atoms. The third kappa shape index (κ3) is 3.58. The van der Waals surface area contributed by atoms with E-state index in [-0.39, 0.29) is 17.2 Å². The Hall–Kier alpha value is -2.37. The molecule has 0 aliphatic heterocycles. The van der Waals surface area contributed by atoms with Gasteiger partial charge in [0.1, 0.15) is 11.3 Å². The number of hydrogen-bond acceptors (Lipinski definition) is 5. The molecule has 0 radical (unpaired) electrons. The van der Waals surface area contributed by atoms with Crippen LogP contribution in [0.4, 0.5) is 5.69 Å². The standard InChI is InChI=1S/C12H13NO5/c1-7(14)13-9-4-5-11(18-8(2)15)10(6-9)12(16)17-3/h4-6H,1-3H3,(H,13,14). The minimum absolute atomic E-state index is 0.0685. The fourth-order valence-corrected chi connectivity index (χ4v) is 1.32. The maximum atomic E-state index is 11.5. The maximum Gasteiger partial charge on any atom is 0.341 e. The number of methoxy groups -OCH3 is 1. The summed E-state index contributed by atoms with van der Waals surface area (Å²) in [5, 5.41) is 2.52. The molecule has 96 valence electrons. The highest BCUT2D eigenvalue weighted by molar-refractivity contribution is 5.96. The van der Waals surface area contributed by atoms with Crippen LogP contribution in [0.5, 0.6) is 5.75 Å². The Bertz CT molecular complexity index is 495. The van der Waals surface area contributed by atoms with E-state index in [0.717, 1.165) is 0 Å². The van der Waals surface area contributed by atoms with Gasteiger partial charge in [-0.2, -0.15) is 0 Å². The third-order valence-electron chi connectivity index (χ3n) is 1.96. The summed E-state index contributed by atoms with van der Waals surface area (Å²) in [5.41, 5.74) is 0.484. The number of rotatable bonds is 3. The van der Waals surface area contributed by atoms with E-state index in [4.69, 9.17) is 4.74 Å². The SMILES string of the molecule is COC(=O)c1cc(NC(C)=O)ccc1OC(C)=O. The number of hydrogen-bond donors (Lipinski definition) is 1. The minimum atomic E-state index is -0.654. The molecule has 1 amide bonds. The van der Waals surface area contributed by atoms with E-state index < -0.39 is 11.9 Å². The first-order valence-electron chi connectivity index (χ1n) is 5.12. The number of carbonyl (C=O) groups is 3. The smallest absolute Gasteiger partial charge is 0.341 e. The zero-order chi connectivity index (χ0) is 13.7. The van der Waals surface area contributed by atoms with Gasteiger partial charge in [0.15, 0.2) is 0 Å². The average Bonchev–Trinajstić information content (AvgIpc) is 2.28. The second-order valence-electron chi connectivity index (χ2n) is 3.48. The van der Waals surface area contributed by atoms with E-state index in [1.54, 1.807) is 0 Å². The molecule has 0 aromatic heterocycles. The zero-order valence-electron chi connectivity index (χ0n) is 10.3. The normalized spacial score (nSPS) is 9.50. The van der Waals surface area contributed by atoms with Crippen LogP contribution in [-0.2, 0) is 14.3 Å². The summed E-state index contributed by atoms with van der Waals surface area (Å²) in [5.74, 6) is -1.39. The van der Waals surface area contributed by atoms with Gasteiger partial charge in [-0.15, -0.1) is 0 Å². The topological polar surface area (TPSA) is 81.7 Å². The third-order valence-corrected chi connectivity index (χ3v) is 1.96. The van der Waals surface area contributed by atoms with Gasteiger partial charge in [0.2, 0.25) is 5.91 Å². The van der Waals surface area contributed by atoms with Crippen LogP contribution >= 0.6 is 0 Å². The monoisotopic (exact) mass is 251 g/mol. The van der Waals surface area contributed by atoms with Crippen LogP contribution in [0.1, 0.15) is 24.2 Å². The molecule has 1 N–H and O–H groups in total. The molecule has 1 aromatic carbocycles. The van der Waals surface area contributed by atoms with E-state index in [1.165, 1.54) is 39.2 Å². The van der Waals surface area contributed by atoms with Crippen LogP contribution < -0.4 is 10.1 Å². The van der Waals surface area contributed by atoms with Crippen LogP contribution in [0.25, 0.3) is 0 Å². The van der Waals surface area contributed by atoms with Gasteiger partial charge >= 0.3 is 11.9 Å². The fourth-order valence-electron chi connectivity index (χ4n) is 1.32. The molecule has 1 aromatic rings. The van der Waals surface area contributed by atoms with Crippen LogP contribution in [-0.4, -0.2) is 25.0 Å². The lowest BCUT2D eigenvalue weighted by Gasteiger charge is -2.09. The highest BCUT2D eigenvalue weighted by atomic mass is 16.5. The molecular weight excluding hydrogens is 238 g/mol. The predicted molar refractivity (Wildman–Crippen MR) is 63.4 cm³/mol. The van der Waals surface area contributed by atoms with E-state index in [2.05, 4.69) is 10.1 Å². The molecule has 0 atom stereocenters. The number of benzene rings is 1. The van der Waals surface area contributed by atoms with Crippen molar-refractivity contribution in [1.82, 2.24) is 0 Å². The Morgan fingerprint density at radius 3 is 2.33 bits per heavy atom. The molecule has 0 aliphatic carbocycles. The van der Waals surface area contributed by atoms with Crippen molar-refractivity contribution in [3.8, 4) is 5.75 Å². The van der Waals surface area contributed by atoms with E-state index in [9.17, 15) is 14.4 Å². The Kier molecular flexibility index (Phi) is 4.42. The summed E-state index contributed by atoms with van der Waals surface area (Å²) in [6.07, 6.45) is 0. The van der Waals surface area contributed by atoms with Crippen molar-refractivity contribution in [2.75, 3.05) is 12.4 Å². The van der Waals surface area contributed by atoms with Crippen molar-refractivity contribution in [2.24, 2.45) is 0 Å². The lowest BCUT2D eigenvalue weighted by molar-refractivity contribution is -0.131. The van der Waals surface area contributed by atoms with E-state index in [1.807, 2.05) is 0 Å². The number of esters is 2. The van der Waals surface area contributed by atoms with Crippen LogP contribution in [0, 0.1) is 0 Å². The molecule has 0 spiro atoms. The van der Waals surface area contributed by atoms with E-state index >= 15 is 0 Å². The van der Waals surface area contributed by atoms with Crippen molar-refractivity contribution in [3.05, 3.63) is 23.8 Å². The molecule has 6 nitrogen and oxygen atoms in total. The van der Waals surface area contributed by atoms with Gasteiger partial charge in [0.25, 0.3) is 0 Å². The second-order valence-corrected chi connectivity index (χ2v) is 3.48. The van der Waals surface area contributed by atoms with Crippen LogP contribution in [0.2, 0.25) is 0 Å². The summed E-state index contributed by atoms with van der Waals surface area (Å²) in [7, 11) is 1.21. The summed E-state index contributed by atoms with van der Waals surface area (Å²) in [6.45, 7) is 2.57. The molecule has 1 rings (SSSR count). The van der Waals surface area contributed by atoms with Gasteiger partial charge in [-0.1, -0.05) is 0 Å². The van der Waals surface area contributed by atoms with Crippen molar-refractivity contribution in [1.29, 1.82) is 0 Å². The summed E-state index contributed by atoms with van der Waals surface area (Å²) in [6, 6.07) is 4.32. The van der Waals surface area contributed by atoms with Crippen LogP contribution in [0.3, 0.4) is 0 Å². The number of amides is 1. The van der Waals surface area contributed by atoms with Crippen molar-refractivity contribution < 1.29 is 23.9 Å². The first-order chi connectivity index (χ1) is 8.43. The van der Waals surface area contributed by atoms with Gasteiger partial charge in [-0.25, -0.2) is 4.79 Å². The lowest BCUT2D eigenvalue weighted by atomic mass is 10.1. The first kappa shape index (κ1) is 13.7. The zero-order valence-corrected chi connectivity index (χ0v) is 10.3. The van der Waals surface area contributed by atoms with Gasteiger partial charge in [0, 0.05) is 19.5 Å². The molecule has 0 heterocycles. The fraction of sp³-hybridized carbons (Fsp3) is 0.250. The Morgan fingerprint density at radius 2 is 1.83 bits per heavy atom. The summed E-state index contributed by atoms with van der Waals surface area (Å²) < 4.78 is 9.45.